The van der Waals surface area contributed by atoms with Gasteiger partial charge in [0, 0.05) is 54.8 Å². The van der Waals surface area contributed by atoms with E-state index in [-0.39, 0.29) is 41.4 Å². The number of anilines is 1. The van der Waals surface area contributed by atoms with E-state index in [1.165, 1.54) is 16.9 Å². The smallest absolute Gasteiger partial charge is 0.297 e. The summed E-state index contributed by atoms with van der Waals surface area (Å²) in [6.45, 7) is 7.34. The van der Waals surface area contributed by atoms with Crippen molar-refractivity contribution >= 4 is 24.9 Å². The Morgan fingerprint density at radius 1 is 1.09 bits per heavy atom. The fourth-order valence-electron chi connectivity index (χ4n) is 7.31. The van der Waals surface area contributed by atoms with Crippen molar-refractivity contribution in [1.29, 1.82) is 0 Å². The summed E-state index contributed by atoms with van der Waals surface area (Å²) in [5.41, 5.74) is 1.27. The van der Waals surface area contributed by atoms with Crippen LogP contribution in [0.5, 0.6) is 11.5 Å². The largest absolute Gasteiger partial charge is 0.497 e. The molecule has 0 unspecified atom stereocenters. The molecule has 2 aromatic carbocycles. The number of rotatable bonds is 10. The molecule has 0 aliphatic carbocycles. The summed E-state index contributed by atoms with van der Waals surface area (Å²) in [6, 6.07) is 17.2. The fourth-order valence-corrected chi connectivity index (χ4v) is 11.4. The van der Waals surface area contributed by atoms with Crippen LogP contribution in [0.25, 0.3) is 5.69 Å². The second-order valence-electron chi connectivity index (χ2n) is 12.3. The maximum absolute atomic E-state index is 14.1. The number of carbonyl (C=O) groups is 1. The Morgan fingerprint density at radius 2 is 1.87 bits per heavy atom. The van der Waals surface area contributed by atoms with Crippen molar-refractivity contribution in [3.8, 4) is 17.2 Å². The molecule has 12 heteroatoms. The minimum atomic E-state index is -2.31. The number of carbonyl (C=O) groups excluding carboxylic acids is 1. The van der Waals surface area contributed by atoms with Crippen LogP contribution in [-0.4, -0.2) is 65.6 Å². The van der Waals surface area contributed by atoms with Gasteiger partial charge >= 0.3 is 0 Å². The minimum absolute atomic E-state index is 0.00653. The van der Waals surface area contributed by atoms with Crippen LogP contribution in [-0.2, 0) is 28.1 Å². The molecule has 1 saturated heterocycles. The lowest BCUT2D eigenvalue weighted by molar-refractivity contribution is -0.143. The molecule has 4 heterocycles. The first-order valence-electron chi connectivity index (χ1n) is 15.2. The number of hydrogen-bond donors (Lipinski definition) is 2. The molecule has 1 amide bonds. The van der Waals surface area contributed by atoms with Crippen LogP contribution in [0.1, 0.15) is 24.6 Å². The molecule has 6 rings (SSSR count). The number of benzene rings is 2. The molecular weight excluding hydrogens is 590 g/mol. The maximum atomic E-state index is 14.1. The molecule has 0 bridgehead atoms. The Morgan fingerprint density at radius 3 is 2.58 bits per heavy atom. The summed E-state index contributed by atoms with van der Waals surface area (Å²) < 4.78 is 21.1. The van der Waals surface area contributed by atoms with Crippen molar-refractivity contribution in [1.82, 2.24) is 19.6 Å². The van der Waals surface area contributed by atoms with Crippen LogP contribution < -0.4 is 25.5 Å². The van der Waals surface area contributed by atoms with Crippen molar-refractivity contribution in [2.75, 3.05) is 26.1 Å². The molecule has 2 aliphatic heterocycles. The molecule has 1 fully saturated rings. The number of fused-ring (bicyclic) bond motifs is 2. The summed E-state index contributed by atoms with van der Waals surface area (Å²) in [5, 5.41) is 22.1. The molecule has 2 N–H and O–H groups in total. The van der Waals surface area contributed by atoms with E-state index >= 15 is 0 Å². The zero-order valence-electron chi connectivity index (χ0n) is 26.2. The summed E-state index contributed by atoms with van der Waals surface area (Å²) in [5.74, 6) is 0.639. The fraction of sp³-hybridized carbons (Fsp3) is 0.394. The molecule has 45 heavy (non-hydrogen) atoms. The molecule has 2 aliphatic rings. The van der Waals surface area contributed by atoms with Crippen LogP contribution in [0.3, 0.4) is 0 Å². The van der Waals surface area contributed by atoms with E-state index in [4.69, 9.17) is 14.2 Å². The monoisotopic (exact) mass is 629 g/mol. The van der Waals surface area contributed by atoms with Crippen LogP contribution >= 0.6 is 0 Å². The number of methoxy groups -OCH3 is 2. The Balaban J connectivity index is 1.42. The van der Waals surface area contributed by atoms with Crippen molar-refractivity contribution in [2.45, 2.75) is 56.7 Å². The third-order valence-corrected chi connectivity index (χ3v) is 13.9. The minimum Gasteiger partial charge on any atom is -0.497 e. The van der Waals surface area contributed by atoms with Crippen LogP contribution in [0.4, 0.5) is 5.69 Å². The number of aliphatic hydroxyl groups is 1. The van der Waals surface area contributed by atoms with Crippen molar-refractivity contribution in [3.63, 3.8) is 0 Å². The average molecular weight is 630 g/mol. The summed E-state index contributed by atoms with van der Waals surface area (Å²) in [4.78, 5) is 27.2. The first-order chi connectivity index (χ1) is 21.6. The first-order valence-corrected chi connectivity index (χ1v) is 18.3. The van der Waals surface area contributed by atoms with E-state index in [1.54, 1.807) is 30.1 Å². The number of pyridine rings is 1. The Labute approximate surface area is 262 Å². The lowest BCUT2D eigenvalue weighted by atomic mass is 9.82. The van der Waals surface area contributed by atoms with E-state index in [9.17, 15) is 14.7 Å². The van der Waals surface area contributed by atoms with E-state index in [0.717, 1.165) is 17.0 Å². The standard InChI is InChI=1S/C33H39N5O6Si/c1-21-30(45(4,5)25-11-9-24(42-2)10-12-25)28(14-17-37-20-22(15-18-39)35-36-37)44-33(21)26-19-23(8-13-27(26)34-32(33)41)38-16-6-7-29(43-3)31(38)40/h6-13,16,19-21,28,30,39H,14-15,17-18H2,1-5H3,(H,34,41)/t21-,28+,30-,33+/m0/s1. The molecule has 4 aromatic rings. The molecule has 2 aromatic heterocycles. The van der Waals surface area contributed by atoms with E-state index in [0.29, 0.717) is 30.8 Å². The van der Waals surface area contributed by atoms with E-state index in [2.05, 4.69) is 47.8 Å². The van der Waals surface area contributed by atoms with Crippen LogP contribution in [0, 0.1) is 5.92 Å². The molecule has 0 saturated carbocycles. The van der Waals surface area contributed by atoms with Gasteiger partial charge in [0.2, 0.25) is 0 Å². The van der Waals surface area contributed by atoms with Gasteiger partial charge in [-0.1, -0.05) is 42.6 Å². The molecule has 0 radical (unpaired) electrons. The zero-order chi connectivity index (χ0) is 31.9. The zero-order valence-corrected chi connectivity index (χ0v) is 27.2. The van der Waals surface area contributed by atoms with Gasteiger partial charge in [-0.15, -0.1) is 5.10 Å². The third-order valence-electron chi connectivity index (χ3n) is 9.58. The molecule has 11 nitrogen and oxygen atoms in total. The average Bonchev–Trinajstić information content (AvgIpc) is 3.70. The molecule has 236 valence electrons. The highest BCUT2D eigenvalue weighted by atomic mass is 28.3. The van der Waals surface area contributed by atoms with Gasteiger partial charge in [0.25, 0.3) is 11.5 Å². The van der Waals surface area contributed by atoms with Crippen LogP contribution in [0.15, 0.2) is 71.8 Å². The SMILES string of the molecule is COc1ccc([Si](C)(C)[C@@H]2[C@@H](CCn3cc(CCO)nn3)O[C@]3(C(=O)Nc4ccc(-n5cccc(OC)c5=O)cc43)[C@H]2C)cc1. The number of nitrogens with zero attached hydrogens (tertiary/aromatic N) is 4. The van der Waals surface area contributed by atoms with E-state index in [1.807, 2.05) is 36.5 Å². The predicted molar refractivity (Wildman–Crippen MR) is 172 cm³/mol. The van der Waals surface area contributed by atoms with Gasteiger partial charge in [0.15, 0.2) is 11.4 Å². The summed E-state index contributed by atoms with van der Waals surface area (Å²) in [6.07, 6.45) is 4.32. The number of aliphatic hydroxyl groups excluding tert-OH is 1. The lowest BCUT2D eigenvalue weighted by Gasteiger charge is -2.37. The number of ether oxygens (including phenoxy) is 3. The molecule has 1 spiro atoms. The number of nitrogens with one attached hydrogen (secondary N) is 1. The second kappa shape index (κ2) is 11.9. The molecular formula is C33H39N5O6Si. The van der Waals surface area contributed by atoms with Gasteiger partial charge in [-0.2, -0.15) is 0 Å². The molecule has 4 atom stereocenters. The second-order valence-corrected chi connectivity index (χ2v) is 17.0. The first kappa shape index (κ1) is 30.7. The highest BCUT2D eigenvalue weighted by Crippen LogP contribution is 2.58. The number of hydrogen-bond acceptors (Lipinski definition) is 8. The van der Waals surface area contributed by atoms with Gasteiger partial charge in [-0.05, 0) is 54.4 Å². The Kier molecular flexibility index (Phi) is 8.14. The van der Waals surface area contributed by atoms with Gasteiger partial charge in [-0.25, -0.2) is 0 Å². The summed E-state index contributed by atoms with van der Waals surface area (Å²) >= 11 is 0. The van der Waals surface area contributed by atoms with Gasteiger partial charge in [0.1, 0.15) is 5.75 Å². The quantitative estimate of drug-likeness (QED) is 0.256. The maximum Gasteiger partial charge on any atom is 0.297 e. The summed E-state index contributed by atoms with van der Waals surface area (Å²) in [7, 11) is 0.818. The lowest BCUT2D eigenvalue weighted by Crippen LogP contribution is -2.51. The van der Waals surface area contributed by atoms with Gasteiger partial charge in [0.05, 0.1) is 34.1 Å². The van der Waals surface area contributed by atoms with Gasteiger partial charge < -0.3 is 24.6 Å². The van der Waals surface area contributed by atoms with Crippen molar-refractivity contribution in [2.24, 2.45) is 5.92 Å². The van der Waals surface area contributed by atoms with Crippen molar-refractivity contribution in [3.05, 3.63) is 88.6 Å². The van der Waals surface area contributed by atoms with Crippen LogP contribution in [0.2, 0.25) is 18.6 Å². The van der Waals surface area contributed by atoms with E-state index < -0.39 is 13.7 Å². The Hall–Kier alpha value is -4.26. The highest BCUT2D eigenvalue weighted by Gasteiger charge is 2.64. The number of aromatic nitrogens is 4. The van der Waals surface area contributed by atoms with Crippen molar-refractivity contribution < 1.29 is 24.1 Å². The normalized spacial score (nSPS) is 22.4. The Bertz CT molecular complexity index is 1770. The highest BCUT2D eigenvalue weighted by molar-refractivity contribution is 6.91. The topological polar surface area (TPSA) is 130 Å². The number of amides is 1. The number of aryl methyl sites for hydroxylation is 1. The van der Waals surface area contributed by atoms with Gasteiger partial charge in [-0.3, -0.25) is 18.8 Å². The predicted octanol–water partition coefficient (Wildman–Crippen LogP) is 3.24. The third kappa shape index (κ3) is 5.16.